The number of fused-ring (bicyclic) bond motifs is 1. The van der Waals surface area contributed by atoms with Crippen molar-refractivity contribution in [2.24, 2.45) is 5.92 Å². The second kappa shape index (κ2) is 10.0. The number of methoxy groups -OCH3 is 1. The van der Waals surface area contributed by atoms with Gasteiger partial charge < -0.3 is 25.4 Å². The molecule has 0 radical (unpaired) electrons. The van der Waals surface area contributed by atoms with Crippen molar-refractivity contribution < 1.29 is 19.1 Å². The number of nitrogens with two attached hydrogens (primary N) is 1. The highest BCUT2D eigenvalue weighted by molar-refractivity contribution is 5.82. The number of nitrogens with one attached hydrogen (secondary N) is 1. The van der Waals surface area contributed by atoms with Gasteiger partial charge in [0.15, 0.2) is 11.5 Å². The van der Waals surface area contributed by atoms with Crippen LogP contribution in [0.3, 0.4) is 0 Å². The number of amides is 2. The lowest BCUT2D eigenvalue weighted by Crippen LogP contribution is -2.38. The van der Waals surface area contributed by atoms with E-state index in [1.807, 2.05) is 6.92 Å². The van der Waals surface area contributed by atoms with Crippen LogP contribution in [0.4, 0.5) is 10.6 Å². The van der Waals surface area contributed by atoms with Gasteiger partial charge in [0.1, 0.15) is 17.8 Å². The fourth-order valence-corrected chi connectivity index (χ4v) is 4.23. The lowest BCUT2D eigenvalue weighted by atomic mass is 9.94. The van der Waals surface area contributed by atoms with Crippen molar-refractivity contribution in [1.29, 1.82) is 0 Å². The van der Waals surface area contributed by atoms with Gasteiger partial charge in [-0.2, -0.15) is 0 Å². The molecule has 4 rings (SSSR count). The number of likely N-dealkylation sites (N-methyl/N-ethyl adjacent to an activating group) is 1. The van der Waals surface area contributed by atoms with Gasteiger partial charge in [-0.15, -0.1) is 0 Å². The molecule has 176 valence electrons. The lowest BCUT2D eigenvalue weighted by Gasteiger charge is -2.29. The lowest BCUT2D eigenvalue weighted by molar-refractivity contribution is -0.133. The van der Waals surface area contributed by atoms with E-state index in [9.17, 15) is 9.59 Å². The van der Waals surface area contributed by atoms with Crippen LogP contribution in [-0.2, 0) is 14.3 Å². The van der Waals surface area contributed by atoms with Gasteiger partial charge in [0, 0.05) is 26.1 Å². The molecule has 11 heteroatoms. The van der Waals surface area contributed by atoms with Crippen molar-refractivity contribution in [3.05, 3.63) is 12.2 Å². The minimum Gasteiger partial charge on any atom is -0.453 e. The summed E-state index contributed by atoms with van der Waals surface area (Å²) in [6.07, 6.45) is 4.24. The molecule has 2 aliphatic heterocycles. The molecule has 2 atom stereocenters. The quantitative estimate of drug-likeness (QED) is 0.661. The van der Waals surface area contributed by atoms with E-state index in [1.54, 1.807) is 15.8 Å². The monoisotopic (exact) mass is 455 g/mol. The Morgan fingerprint density at radius 3 is 2.79 bits per heavy atom. The van der Waals surface area contributed by atoms with Crippen molar-refractivity contribution in [2.75, 3.05) is 32.5 Å². The summed E-state index contributed by atoms with van der Waals surface area (Å²) in [5.74, 6) is 7.06. The molecule has 0 aliphatic carbocycles. The topological polar surface area (TPSA) is 137 Å². The molecule has 3 N–H and O–H groups in total. The second-order valence-electron chi connectivity index (χ2n) is 8.21. The third-order valence-corrected chi connectivity index (χ3v) is 6.04. The summed E-state index contributed by atoms with van der Waals surface area (Å²) in [5, 5.41) is 2.79. The number of imidazole rings is 1. The van der Waals surface area contributed by atoms with Gasteiger partial charge in [-0.3, -0.25) is 9.36 Å². The molecule has 11 nitrogen and oxygen atoms in total. The van der Waals surface area contributed by atoms with Gasteiger partial charge in [0.2, 0.25) is 11.7 Å². The number of carbonyl (C=O) groups is 2. The first-order valence-corrected chi connectivity index (χ1v) is 11.2. The van der Waals surface area contributed by atoms with Crippen molar-refractivity contribution in [3.8, 4) is 11.8 Å². The number of anilines is 1. The predicted octanol–water partition coefficient (Wildman–Crippen LogP) is 1.44. The number of aromatic nitrogens is 4. The number of hydrogen-bond acceptors (Lipinski definition) is 8. The highest BCUT2D eigenvalue weighted by atomic mass is 16.5. The SMILES string of the molecule is CCNC(=O)C1CCC(n2cnc3c(N)nc(C#CCC4CCN(C(=O)OC)CC4)nc32)O1. The third kappa shape index (κ3) is 5.01. The summed E-state index contributed by atoms with van der Waals surface area (Å²) >= 11 is 0. The number of hydrogen-bond donors (Lipinski definition) is 2. The zero-order chi connectivity index (χ0) is 23.4. The summed E-state index contributed by atoms with van der Waals surface area (Å²) in [7, 11) is 1.40. The summed E-state index contributed by atoms with van der Waals surface area (Å²) in [4.78, 5) is 38.6. The van der Waals surface area contributed by atoms with E-state index in [0.29, 0.717) is 61.8 Å². The molecular formula is C22H29N7O4. The van der Waals surface area contributed by atoms with Crippen LogP contribution in [0.15, 0.2) is 6.33 Å². The van der Waals surface area contributed by atoms with Crippen LogP contribution in [0.5, 0.6) is 0 Å². The molecule has 2 aromatic rings. The number of nitrogens with zero attached hydrogens (tertiary/aromatic N) is 5. The molecule has 33 heavy (non-hydrogen) atoms. The highest BCUT2D eigenvalue weighted by Crippen LogP contribution is 2.31. The van der Waals surface area contributed by atoms with E-state index < -0.39 is 6.10 Å². The minimum atomic E-state index is -0.489. The summed E-state index contributed by atoms with van der Waals surface area (Å²) in [6, 6.07) is 0. The Morgan fingerprint density at radius 1 is 1.27 bits per heavy atom. The molecule has 2 fully saturated rings. The van der Waals surface area contributed by atoms with Crippen molar-refractivity contribution >= 4 is 29.0 Å². The molecule has 2 unspecified atom stereocenters. The Bertz CT molecular complexity index is 1080. The van der Waals surface area contributed by atoms with Gasteiger partial charge in [-0.1, -0.05) is 5.92 Å². The van der Waals surface area contributed by atoms with E-state index in [1.165, 1.54) is 7.11 Å². The van der Waals surface area contributed by atoms with Crippen LogP contribution in [0, 0.1) is 17.8 Å². The average Bonchev–Trinajstić information content (AvgIpc) is 3.47. The van der Waals surface area contributed by atoms with Gasteiger partial charge in [-0.05, 0) is 44.4 Å². The number of carbonyl (C=O) groups excluding carboxylic acids is 2. The number of rotatable bonds is 4. The van der Waals surface area contributed by atoms with Crippen molar-refractivity contribution in [3.63, 3.8) is 0 Å². The molecule has 2 aliphatic rings. The van der Waals surface area contributed by atoms with E-state index >= 15 is 0 Å². The van der Waals surface area contributed by atoms with Crippen molar-refractivity contribution in [2.45, 2.75) is 51.4 Å². The van der Waals surface area contributed by atoms with Gasteiger partial charge in [-0.25, -0.2) is 19.7 Å². The fraction of sp³-hybridized carbons (Fsp3) is 0.591. The molecule has 4 heterocycles. The van der Waals surface area contributed by atoms with Crippen molar-refractivity contribution in [1.82, 2.24) is 29.7 Å². The first-order chi connectivity index (χ1) is 16.0. The molecule has 2 saturated heterocycles. The molecule has 0 spiro atoms. The van der Waals surface area contributed by atoms with Crippen LogP contribution in [-0.4, -0.2) is 69.3 Å². The van der Waals surface area contributed by atoms with Crippen LogP contribution < -0.4 is 11.1 Å². The Kier molecular flexibility index (Phi) is 6.93. The maximum Gasteiger partial charge on any atom is 0.409 e. The van der Waals surface area contributed by atoms with Crippen LogP contribution >= 0.6 is 0 Å². The average molecular weight is 456 g/mol. The largest absolute Gasteiger partial charge is 0.453 e. The van der Waals surface area contributed by atoms with Crippen LogP contribution in [0.25, 0.3) is 11.2 Å². The van der Waals surface area contributed by atoms with Gasteiger partial charge in [0.25, 0.3) is 0 Å². The Hall–Kier alpha value is -3.39. The zero-order valence-electron chi connectivity index (χ0n) is 18.9. The van der Waals surface area contributed by atoms with Crippen LogP contribution in [0.2, 0.25) is 0 Å². The molecule has 0 aromatic carbocycles. The third-order valence-electron chi connectivity index (χ3n) is 6.04. The Balaban J connectivity index is 1.43. The Labute approximate surface area is 192 Å². The van der Waals surface area contributed by atoms with Gasteiger partial charge in [0.05, 0.1) is 13.4 Å². The summed E-state index contributed by atoms with van der Waals surface area (Å²) in [5.41, 5.74) is 7.13. The molecule has 2 amide bonds. The number of ether oxygens (including phenoxy) is 2. The number of piperidine rings is 1. The van der Waals surface area contributed by atoms with E-state index in [4.69, 9.17) is 15.2 Å². The first kappa shape index (κ1) is 22.8. The maximum atomic E-state index is 12.1. The van der Waals surface area contributed by atoms with E-state index in [-0.39, 0.29) is 24.0 Å². The summed E-state index contributed by atoms with van der Waals surface area (Å²) < 4.78 is 12.5. The number of likely N-dealkylation sites (tertiary alicyclic amines) is 1. The van der Waals surface area contributed by atoms with Gasteiger partial charge >= 0.3 is 6.09 Å². The molecule has 2 aromatic heterocycles. The first-order valence-electron chi connectivity index (χ1n) is 11.2. The van der Waals surface area contributed by atoms with E-state index in [0.717, 1.165) is 12.8 Å². The predicted molar refractivity (Wildman–Crippen MR) is 120 cm³/mol. The summed E-state index contributed by atoms with van der Waals surface area (Å²) in [6.45, 7) is 3.79. The highest BCUT2D eigenvalue weighted by Gasteiger charge is 2.32. The Morgan fingerprint density at radius 2 is 2.06 bits per heavy atom. The standard InChI is InChI=1S/C22H29N7O4/c1-3-24-21(30)15-7-8-17(33-15)29-13-25-18-19(23)26-16(27-20(18)29)6-4-5-14-9-11-28(12-10-14)22(31)32-2/h13-15,17H,3,5,7-12H2,1-2H3,(H,24,30)(H2,23,26,27). The fourth-order valence-electron chi connectivity index (χ4n) is 4.23. The maximum absolute atomic E-state index is 12.1. The smallest absolute Gasteiger partial charge is 0.409 e. The molecule has 0 bridgehead atoms. The zero-order valence-corrected chi connectivity index (χ0v) is 18.9. The molecular weight excluding hydrogens is 426 g/mol. The normalized spacial score (nSPS) is 21.0. The molecule has 0 saturated carbocycles. The number of nitrogen functional groups attached to an aromatic ring is 1. The van der Waals surface area contributed by atoms with E-state index in [2.05, 4.69) is 32.1 Å². The minimum absolute atomic E-state index is 0.109. The van der Waals surface area contributed by atoms with Crippen LogP contribution in [0.1, 0.15) is 51.1 Å². The second-order valence-corrected chi connectivity index (χ2v) is 8.21.